The molecule has 0 unspecified atom stereocenters. The van der Waals surface area contributed by atoms with Crippen molar-refractivity contribution in [2.75, 3.05) is 6.61 Å². The molecular formula is C6H10O2. The van der Waals surface area contributed by atoms with E-state index < -0.39 is 0 Å². The summed E-state index contributed by atoms with van der Waals surface area (Å²) in [6, 6.07) is 0. The van der Waals surface area contributed by atoms with E-state index >= 15 is 0 Å². The van der Waals surface area contributed by atoms with Crippen molar-refractivity contribution in [2.24, 2.45) is 5.92 Å². The SMILES string of the molecule is C[C@@H]1CCC(=O)OC1. The van der Waals surface area contributed by atoms with E-state index in [9.17, 15) is 4.79 Å². The Morgan fingerprint density at radius 3 is 2.88 bits per heavy atom. The number of cyclic esters (lactones) is 1. The molecule has 0 spiro atoms. The molecular weight excluding hydrogens is 104 g/mol. The van der Waals surface area contributed by atoms with E-state index in [1.807, 2.05) is 0 Å². The van der Waals surface area contributed by atoms with Crippen LogP contribution < -0.4 is 0 Å². The molecule has 0 aliphatic carbocycles. The zero-order chi connectivity index (χ0) is 5.98. The van der Waals surface area contributed by atoms with Gasteiger partial charge in [-0.25, -0.2) is 0 Å². The predicted molar refractivity (Wildman–Crippen MR) is 29.4 cm³/mol. The molecule has 1 aliphatic rings. The van der Waals surface area contributed by atoms with Crippen molar-refractivity contribution < 1.29 is 9.53 Å². The zero-order valence-electron chi connectivity index (χ0n) is 5.02. The second-order valence-corrected chi connectivity index (χ2v) is 2.33. The molecule has 1 atom stereocenters. The van der Waals surface area contributed by atoms with Crippen molar-refractivity contribution in [3.63, 3.8) is 0 Å². The fourth-order valence-corrected chi connectivity index (χ4v) is 0.755. The van der Waals surface area contributed by atoms with Crippen molar-refractivity contribution in [3.05, 3.63) is 0 Å². The summed E-state index contributed by atoms with van der Waals surface area (Å²) in [6.07, 6.45) is 1.61. The third-order valence-electron chi connectivity index (χ3n) is 1.37. The van der Waals surface area contributed by atoms with Gasteiger partial charge in [0.05, 0.1) is 6.61 Å². The molecule has 46 valence electrons. The van der Waals surface area contributed by atoms with Crippen LogP contribution in [0.5, 0.6) is 0 Å². The summed E-state index contributed by atoms with van der Waals surface area (Å²) >= 11 is 0. The molecule has 1 rings (SSSR count). The summed E-state index contributed by atoms with van der Waals surface area (Å²) in [7, 11) is 0. The second kappa shape index (κ2) is 2.16. The van der Waals surface area contributed by atoms with Crippen molar-refractivity contribution in [2.45, 2.75) is 19.8 Å². The van der Waals surface area contributed by atoms with Crippen LogP contribution in [0.4, 0.5) is 0 Å². The Kier molecular flexibility index (Phi) is 1.51. The molecule has 1 heterocycles. The van der Waals surface area contributed by atoms with Crippen molar-refractivity contribution in [3.8, 4) is 0 Å². The number of rotatable bonds is 0. The maximum absolute atomic E-state index is 10.4. The molecule has 1 fully saturated rings. The second-order valence-electron chi connectivity index (χ2n) is 2.33. The lowest BCUT2D eigenvalue weighted by Gasteiger charge is -2.16. The number of hydrogen-bond acceptors (Lipinski definition) is 2. The molecule has 0 bridgehead atoms. The lowest BCUT2D eigenvalue weighted by atomic mass is 10.1. The van der Waals surface area contributed by atoms with E-state index in [1.165, 1.54) is 0 Å². The Morgan fingerprint density at radius 2 is 2.50 bits per heavy atom. The Labute approximate surface area is 48.8 Å². The van der Waals surface area contributed by atoms with Gasteiger partial charge in [-0.3, -0.25) is 4.79 Å². The van der Waals surface area contributed by atoms with Gasteiger partial charge in [0.15, 0.2) is 0 Å². The van der Waals surface area contributed by atoms with Crippen molar-refractivity contribution in [1.82, 2.24) is 0 Å². The molecule has 8 heavy (non-hydrogen) atoms. The van der Waals surface area contributed by atoms with Crippen LogP contribution in [-0.4, -0.2) is 12.6 Å². The molecule has 1 aliphatic heterocycles. The van der Waals surface area contributed by atoms with Crippen LogP contribution in [0, 0.1) is 5.92 Å². The van der Waals surface area contributed by atoms with Crippen LogP contribution in [-0.2, 0) is 9.53 Å². The van der Waals surface area contributed by atoms with Gasteiger partial charge in [-0.2, -0.15) is 0 Å². The topological polar surface area (TPSA) is 26.3 Å². The van der Waals surface area contributed by atoms with Gasteiger partial charge in [0.2, 0.25) is 0 Å². The Balaban J connectivity index is 2.29. The molecule has 0 saturated carbocycles. The summed E-state index contributed by atoms with van der Waals surface area (Å²) < 4.78 is 4.75. The van der Waals surface area contributed by atoms with E-state index in [0.717, 1.165) is 6.42 Å². The minimum absolute atomic E-state index is 0.0388. The smallest absolute Gasteiger partial charge is 0.305 e. The number of ether oxygens (including phenoxy) is 1. The highest BCUT2D eigenvalue weighted by atomic mass is 16.5. The Hall–Kier alpha value is -0.530. The van der Waals surface area contributed by atoms with Crippen molar-refractivity contribution >= 4 is 5.97 Å². The van der Waals surface area contributed by atoms with Crippen LogP contribution >= 0.6 is 0 Å². The number of esters is 1. The Morgan fingerprint density at radius 1 is 1.75 bits per heavy atom. The third kappa shape index (κ3) is 1.22. The third-order valence-corrected chi connectivity index (χ3v) is 1.37. The summed E-state index contributed by atoms with van der Waals surface area (Å²) in [4.78, 5) is 10.4. The first-order chi connectivity index (χ1) is 3.79. The molecule has 0 aromatic carbocycles. The average molecular weight is 114 g/mol. The summed E-state index contributed by atoms with van der Waals surface area (Å²) in [5.74, 6) is 0.538. The quantitative estimate of drug-likeness (QED) is 0.438. The normalized spacial score (nSPS) is 29.6. The van der Waals surface area contributed by atoms with Gasteiger partial charge < -0.3 is 4.74 Å². The fraction of sp³-hybridized carbons (Fsp3) is 0.833. The highest BCUT2D eigenvalue weighted by Crippen LogP contribution is 2.12. The number of carbonyl (C=O) groups excluding carboxylic acids is 1. The minimum atomic E-state index is -0.0388. The average Bonchev–Trinajstić information content (AvgIpc) is 1.77. The van der Waals surface area contributed by atoms with Gasteiger partial charge in [-0.1, -0.05) is 6.92 Å². The van der Waals surface area contributed by atoms with Gasteiger partial charge in [0, 0.05) is 6.42 Å². The lowest BCUT2D eigenvalue weighted by Crippen LogP contribution is -2.18. The van der Waals surface area contributed by atoms with Crippen LogP contribution in [0.25, 0.3) is 0 Å². The maximum Gasteiger partial charge on any atom is 0.305 e. The molecule has 1 saturated heterocycles. The van der Waals surface area contributed by atoms with Gasteiger partial charge >= 0.3 is 5.97 Å². The van der Waals surface area contributed by atoms with E-state index in [-0.39, 0.29) is 5.97 Å². The summed E-state index contributed by atoms with van der Waals surface area (Å²) in [5, 5.41) is 0. The largest absolute Gasteiger partial charge is 0.465 e. The highest BCUT2D eigenvalue weighted by molar-refractivity contribution is 5.69. The van der Waals surface area contributed by atoms with Crippen LogP contribution in [0.2, 0.25) is 0 Å². The molecule has 0 aromatic heterocycles. The van der Waals surface area contributed by atoms with Crippen LogP contribution in [0.15, 0.2) is 0 Å². The van der Waals surface area contributed by atoms with Gasteiger partial charge in [-0.15, -0.1) is 0 Å². The number of hydrogen-bond donors (Lipinski definition) is 0. The van der Waals surface area contributed by atoms with Gasteiger partial charge in [0.1, 0.15) is 0 Å². The van der Waals surface area contributed by atoms with Crippen LogP contribution in [0.1, 0.15) is 19.8 Å². The zero-order valence-corrected chi connectivity index (χ0v) is 5.02. The summed E-state index contributed by atoms with van der Waals surface area (Å²) in [5.41, 5.74) is 0. The first-order valence-electron chi connectivity index (χ1n) is 2.94. The first kappa shape index (κ1) is 5.60. The molecule has 2 heteroatoms. The van der Waals surface area contributed by atoms with E-state index in [0.29, 0.717) is 18.9 Å². The van der Waals surface area contributed by atoms with E-state index in [2.05, 4.69) is 6.92 Å². The monoisotopic (exact) mass is 114 g/mol. The van der Waals surface area contributed by atoms with Crippen molar-refractivity contribution in [1.29, 1.82) is 0 Å². The van der Waals surface area contributed by atoms with E-state index in [1.54, 1.807) is 0 Å². The Bertz CT molecular complexity index is 88.7. The molecule has 0 aromatic rings. The lowest BCUT2D eigenvalue weighted by molar-refractivity contribution is -0.149. The van der Waals surface area contributed by atoms with E-state index in [4.69, 9.17) is 4.74 Å². The maximum atomic E-state index is 10.4. The van der Waals surface area contributed by atoms with Crippen LogP contribution in [0.3, 0.4) is 0 Å². The minimum Gasteiger partial charge on any atom is -0.465 e. The fourth-order valence-electron chi connectivity index (χ4n) is 0.755. The summed E-state index contributed by atoms with van der Waals surface area (Å²) in [6.45, 7) is 2.71. The highest BCUT2D eigenvalue weighted by Gasteiger charge is 2.14. The standard InChI is InChI=1S/C6H10O2/c1-5-2-3-6(7)8-4-5/h5H,2-4H2,1H3/t5-/m1/s1. The molecule has 0 amide bonds. The van der Waals surface area contributed by atoms with Gasteiger partial charge in [0.25, 0.3) is 0 Å². The first-order valence-corrected chi connectivity index (χ1v) is 2.94. The predicted octanol–water partition coefficient (Wildman–Crippen LogP) is 0.960. The molecule has 2 nitrogen and oxygen atoms in total. The number of carbonyl (C=O) groups is 1. The molecule has 0 N–H and O–H groups in total. The molecule has 0 radical (unpaired) electrons. The van der Waals surface area contributed by atoms with Gasteiger partial charge in [-0.05, 0) is 12.3 Å².